The molecule has 0 saturated heterocycles. The van der Waals surface area contributed by atoms with Gasteiger partial charge in [-0.15, -0.1) is 0 Å². The van der Waals surface area contributed by atoms with Crippen molar-refractivity contribution in [1.29, 1.82) is 0 Å². The maximum Gasteiger partial charge on any atom is 0.235 e. The number of aliphatic hydroxyl groups is 1. The van der Waals surface area contributed by atoms with Gasteiger partial charge >= 0.3 is 0 Å². The zero-order valence-corrected chi connectivity index (χ0v) is 10.3. The number of hydrogen-bond acceptors (Lipinski definition) is 4. The van der Waals surface area contributed by atoms with Crippen molar-refractivity contribution in [3.05, 3.63) is 0 Å². The van der Waals surface area contributed by atoms with Crippen molar-refractivity contribution in [2.75, 3.05) is 18.6 Å². The Balaban J connectivity index is 2.22. The first-order valence-electron chi connectivity index (χ1n) is 5.49. The van der Waals surface area contributed by atoms with Gasteiger partial charge in [0.25, 0.3) is 0 Å². The highest BCUT2D eigenvalue weighted by atomic mass is 32.2. The van der Waals surface area contributed by atoms with Crippen LogP contribution in [0.4, 0.5) is 0 Å². The van der Waals surface area contributed by atoms with Gasteiger partial charge in [-0.3, -0.25) is 4.79 Å². The fraction of sp³-hybridized carbons (Fsp3) is 0.900. The van der Waals surface area contributed by atoms with Crippen LogP contribution in [0.15, 0.2) is 0 Å². The van der Waals surface area contributed by atoms with Crippen molar-refractivity contribution in [3.8, 4) is 0 Å². The van der Waals surface area contributed by atoms with Crippen LogP contribution in [0.3, 0.4) is 0 Å². The average molecular weight is 249 g/mol. The van der Waals surface area contributed by atoms with Crippen molar-refractivity contribution in [3.63, 3.8) is 0 Å². The molecule has 0 spiro atoms. The lowest BCUT2D eigenvalue weighted by atomic mass is 9.87. The summed E-state index contributed by atoms with van der Waals surface area (Å²) >= 11 is 0. The van der Waals surface area contributed by atoms with Crippen molar-refractivity contribution in [1.82, 2.24) is 5.32 Å². The van der Waals surface area contributed by atoms with Crippen LogP contribution in [0.2, 0.25) is 0 Å². The maximum absolute atomic E-state index is 11.2. The van der Waals surface area contributed by atoms with Gasteiger partial charge in [-0.25, -0.2) is 8.42 Å². The number of carbonyl (C=O) groups excluding carboxylic acids is 1. The number of sulfone groups is 1. The molecule has 1 amide bonds. The van der Waals surface area contributed by atoms with E-state index in [0.717, 1.165) is 31.9 Å². The van der Waals surface area contributed by atoms with E-state index in [1.165, 1.54) is 0 Å². The molecule has 1 aliphatic rings. The molecule has 16 heavy (non-hydrogen) atoms. The second-order valence-electron chi connectivity index (χ2n) is 4.55. The second-order valence-corrected chi connectivity index (χ2v) is 6.69. The van der Waals surface area contributed by atoms with Crippen LogP contribution in [-0.4, -0.2) is 44.1 Å². The molecule has 1 aliphatic carbocycles. The summed E-state index contributed by atoms with van der Waals surface area (Å²) in [6.45, 7) is 0.515. The van der Waals surface area contributed by atoms with E-state index < -0.39 is 21.5 Å². The minimum absolute atomic E-state index is 0.206. The van der Waals surface area contributed by atoms with E-state index in [9.17, 15) is 18.3 Å². The fourth-order valence-electron chi connectivity index (χ4n) is 1.90. The molecule has 0 atom stereocenters. The number of nitrogens with one attached hydrogen (secondary N) is 1. The standard InChI is InChI=1S/C10H19NO4S/c1-16(14,15)7-10(13)11-6-8-2-4-9(12)5-3-8/h8-9,12H,2-7H2,1H3,(H,11,13). The molecule has 0 aromatic heterocycles. The zero-order chi connectivity index (χ0) is 12.2. The number of amides is 1. The number of rotatable bonds is 4. The molecule has 1 rings (SSSR count). The minimum atomic E-state index is -3.24. The SMILES string of the molecule is CS(=O)(=O)CC(=O)NCC1CCC(O)CC1. The summed E-state index contributed by atoms with van der Waals surface area (Å²) in [5, 5.41) is 11.9. The summed E-state index contributed by atoms with van der Waals surface area (Å²) in [7, 11) is -3.24. The first kappa shape index (κ1) is 13.4. The van der Waals surface area contributed by atoms with Gasteiger partial charge in [-0.05, 0) is 31.6 Å². The molecule has 2 N–H and O–H groups in total. The third-order valence-corrected chi connectivity index (χ3v) is 3.58. The molecule has 0 aromatic carbocycles. The largest absolute Gasteiger partial charge is 0.393 e. The third-order valence-electron chi connectivity index (χ3n) is 2.80. The van der Waals surface area contributed by atoms with Crippen molar-refractivity contribution >= 4 is 15.7 Å². The van der Waals surface area contributed by atoms with E-state index in [1.807, 2.05) is 0 Å². The van der Waals surface area contributed by atoms with E-state index >= 15 is 0 Å². The van der Waals surface area contributed by atoms with E-state index in [0.29, 0.717) is 12.5 Å². The fourth-order valence-corrected chi connectivity index (χ4v) is 2.47. The summed E-state index contributed by atoms with van der Waals surface area (Å²) in [5.74, 6) is -0.511. The van der Waals surface area contributed by atoms with E-state index in [4.69, 9.17) is 0 Å². The number of carbonyl (C=O) groups is 1. The predicted octanol–water partition coefficient (Wildman–Crippen LogP) is -0.302. The summed E-state index contributed by atoms with van der Waals surface area (Å²) in [5.41, 5.74) is 0. The van der Waals surface area contributed by atoms with Gasteiger partial charge in [0.05, 0.1) is 6.10 Å². The number of aliphatic hydroxyl groups excluding tert-OH is 1. The quantitative estimate of drug-likeness (QED) is 0.716. The van der Waals surface area contributed by atoms with Gasteiger partial charge in [0.1, 0.15) is 5.75 Å². The molecule has 1 saturated carbocycles. The Morgan fingerprint density at radius 3 is 2.38 bits per heavy atom. The lowest BCUT2D eigenvalue weighted by Gasteiger charge is -2.25. The highest BCUT2D eigenvalue weighted by Crippen LogP contribution is 2.23. The molecule has 0 aromatic rings. The van der Waals surface area contributed by atoms with Crippen molar-refractivity contribution in [2.24, 2.45) is 5.92 Å². The number of hydrogen-bond donors (Lipinski definition) is 2. The smallest absolute Gasteiger partial charge is 0.235 e. The molecule has 0 unspecified atom stereocenters. The van der Waals surface area contributed by atoms with Crippen LogP contribution in [0.25, 0.3) is 0 Å². The Bertz CT molecular complexity index is 331. The Morgan fingerprint density at radius 1 is 1.31 bits per heavy atom. The second kappa shape index (κ2) is 5.63. The molecular weight excluding hydrogens is 230 g/mol. The normalized spacial score (nSPS) is 26.4. The van der Waals surface area contributed by atoms with E-state index in [1.54, 1.807) is 0 Å². The first-order chi connectivity index (χ1) is 7.37. The van der Waals surface area contributed by atoms with Gasteiger partial charge < -0.3 is 10.4 Å². The molecule has 0 bridgehead atoms. The van der Waals surface area contributed by atoms with Gasteiger partial charge in [0, 0.05) is 12.8 Å². The molecule has 0 radical (unpaired) electrons. The van der Waals surface area contributed by atoms with Crippen LogP contribution in [0, 0.1) is 5.92 Å². The van der Waals surface area contributed by atoms with Gasteiger partial charge in [-0.1, -0.05) is 0 Å². The van der Waals surface area contributed by atoms with E-state index in [-0.39, 0.29) is 6.10 Å². The first-order valence-corrected chi connectivity index (χ1v) is 7.55. The Morgan fingerprint density at radius 2 is 1.88 bits per heavy atom. The molecule has 94 valence electrons. The summed E-state index contributed by atoms with van der Waals surface area (Å²) in [6.07, 6.45) is 4.16. The highest BCUT2D eigenvalue weighted by Gasteiger charge is 2.20. The molecule has 5 nitrogen and oxygen atoms in total. The third kappa shape index (κ3) is 5.46. The molecular formula is C10H19NO4S. The Hall–Kier alpha value is -0.620. The van der Waals surface area contributed by atoms with Crippen LogP contribution >= 0.6 is 0 Å². The lowest BCUT2D eigenvalue weighted by Crippen LogP contribution is -2.35. The van der Waals surface area contributed by atoms with Gasteiger partial charge in [-0.2, -0.15) is 0 Å². The van der Waals surface area contributed by atoms with Gasteiger partial charge in [0.2, 0.25) is 5.91 Å². The van der Waals surface area contributed by atoms with Crippen LogP contribution < -0.4 is 5.32 Å². The monoisotopic (exact) mass is 249 g/mol. The summed E-state index contributed by atoms with van der Waals surface area (Å²) in [6, 6.07) is 0. The summed E-state index contributed by atoms with van der Waals surface area (Å²) < 4.78 is 21.7. The molecule has 0 aliphatic heterocycles. The topological polar surface area (TPSA) is 83.5 Å². The lowest BCUT2D eigenvalue weighted by molar-refractivity contribution is -0.118. The Labute approximate surface area is 96.1 Å². The molecule has 0 heterocycles. The van der Waals surface area contributed by atoms with E-state index in [2.05, 4.69) is 5.32 Å². The van der Waals surface area contributed by atoms with Crippen LogP contribution in [0.1, 0.15) is 25.7 Å². The van der Waals surface area contributed by atoms with Crippen molar-refractivity contribution in [2.45, 2.75) is 31.8 Å². The predicted molar refractivity (Wildman–Crippen MR) is 60.7 cm³/mol. The summed E-state index contributed by atoms with van der Waals surface area (Å²) in [4.78, 5) is 11.2. The maximum atomic E-state index is 11.2. The average Bonchev–Trinajstić information content (AvgIpc) is 2.14. The zero-order valence-electron chi connectivity index (χ0n) is 9.48. The molecule has 1 fully saturated rings. The van der Waals surface area contributed by atoms with Crippen LogP contribution in [-0.2, 0) is 14.6 Å². The highest BCUT2D eigenvalue weighted by molar-refractivity contribution is 7.91. The van der Waals surface area contributed by atoms with Gasteiger partial charge in [0.15, 0.2) is 9.84 Å². The van der Waals surface area contributed by atoms with Crippen molar-refractivity contribution < 1.29 is 18.3 Å². The Kier molecular flexibility index (Phi) is 4.73. The minimum Gasteiger partial charge on any atom is -0.393 e. The van der Waals surface area contributed by atoms with Crippen LogP contribution in [0.5, 0.6) is 0 Å². The molecule has 6 heteroatoms.